The fourth-order valence-corrected chi connectivity index (χ4v) is 7.67. The molecule has 0 amide bonds. The Morgan fingerprint density at radius 2 is 1.94 bits per heavy atom. The second-order valence-corrected chi connectivity index (χ2v) is 11.4. The number of alkyl halides is 3. The summed E-state index contributed by atoms with van der Waals surface area (Å²) in [6.07, 6.45) is 4.04. The van der Waals surface area contributed by atoms with Gasteiger partial charge in [0, 0.05) is 22.7 Å². The van der Waals surface area contributed by atoms with E-state index in [4.69, 9.17) is 32.7 Å². The van der Waals surface area contributed by atoms with Crippen LogP contribution in [0.1, 0.15) is 46.5 Å². The van der Waals surface area contributed by atoms with Gasteiger partial charge in [0.15, 0.2) is 11.5 Å². The van der Waals surface area contributed by atoms with Crippen LogP contribution >= 0.6 is 23.2 Å². The molecular weight excluding hydrogens is 474 g/mol. The first kappa shape index (κ1) is 24.7. The fourth-order valence-electron chi connectivity index (χ4n) is 7.58. The van der Waals surface area contributed by atoms with Crippen LogP contribution in [0.4, 0.5) is 4.39 Å². The summed E-state index contributed by atoms with van der Waals surface area (Å²) in [5.41, 5.74) is -5.44. The highest BCUT2D eigenvalue weighted by atomic mass is 35.5. The van der Waals surface area contributed by atoms with Crippen LogP contribution in [0.25, 0.3) is 0 Å². The minimum Gasteiger partial charge on any atom is -0.466 e. The van der Waals surface area contributed by atoms with Crippen molar-refractivity contribution in [1.29, 1.82) is 0 Å². The van der Waals surface area contributed by atoms with Gasteiger partial charge in [-0.25, -0.2) is 14.0 Å². The third-order valence-electron chi connectivity index (χ3n) is 9.11. The minimum atomic E-state index is -2.06. The Hall–Kier alpha value is -1.44. The first-order valence-electron chi connectivity index (χ1n) is 11.2. The van der Waals surface area contributed by atoms with Gasteiger partial charge in [0.05, 0.1) is 13.2 Å². The molecule has 8 atom stereocenters. The highest BCUT2D eigenvalue weighted by Gasteiger charge is 2.78. The standard InChI is InChI=1S/C24H29Cl2FO6/c1-12-9-16-15-6-5-13-10-14(28)7-8-21(13,2)23(15,27)17(29)11-22(16,3)24(12,20(31)32-4)33-19(30)18(25)26/h7-8,10,12,15-18,29H,5-6,9,11H2,1-4H3/t12-,15-,16-,17-,21-,22-,23-,24-/m0/s1. The number of ketones is 1. The van der Waals surface area contributed by atoms with Crippen molar-refractivity contribution in [2.45, 2.75) is 68.7 Å². The van der Waals surface area contributed by atoms with Crippen molar-refractivity contribution in [3.63, 3.8) is 0 Å². The van der Waals surface area contributed by atoms with Crippen molar-refractivity contribution in [3.8, 4) is 0 Å². The summed E-state index contributed by atoms with van der Waals surface area (Å²) in [4.78, 5) is 36.2. The minimum absolute atomic E-state index is 0.142. The van der Waals surface area contributed by atoms with Gasteiger partial charge in [-0.2, -0.15) is 0 Å². The summed E-state index contributed by atoms with van der Waals surface area (Å²) in [6, 6.07) is 0. The molecule has 3 saturated carbocycles. The van der Waals surface area contributed by atoms with Crippen molar-refractivity contribution in [3.05, 3.63) is 23.8 Å². The Morgan fingerprint density at radius 1 is 1.27 bits per heavy atom. The SMILES string of the molecule is COC(=O)[C@@]1(OC(=O)C(Cl)Cl)[C@@H](C)C[C@H]2[C@@H]3CCC4=CC(=O)C=C[C@]4(C)[C@@]3(F)[C@@H](O)C[C@@]21C. The number of allylic oxidation sites excluding steroid dienone is 4. The largest absolute Gasteiger partial charge is 0.466 e. The number of hydrogen-bond donors (Lipinski definition) is 1. The molecule has 182 valence electrons. The molecule has 0 spiro atoms. The lowest BCUT2D eigenvalue weighted by Crippen LogP contribution is -2.70. The van der Waals surface area contributed by atoms with Crippen molar-refractivity contribution in [1.82, 2.24) is 0 Å². The van der Waals surface area contributed by atoms with E-state index in [0.717, 1.165) is 0 Å². The summed E-state index contributed by atoms with van der Waals surface area (Å²) in [7, 11) is 1.20. The van der Waals surface area contributed by atoms with Crippen LogP contribution in [-0.2, 0) is 23.9 Å². The number of esters is 2. The number of carbonyl (C=O) groups is 3. The summed E-state index contributed by atoms with van der Waals surface area (Å²) in [5.74, 6) is -3.52. The maximum atomic E-state index is 17.2. The number of carbonyl (C=O) groups excluding carboxylic acids is 3. The van der Waals surface area contributed by atoms with Crippen LogP contribution in [0.2, 0.25) is 0 Å². The number of aliphatic hydroxyl groups is 1. The molecule has 6 nitrogen and oxygen atoms in total. The Labute approximate surface area is 202 Å². The second kappa shape index (κ2) is 7.79. The smallest absolute Gasteiger partial charge is 0.351 e. The van der Waals surface area contributed by atoms with E-state index in [9.17, 15) is 19.5 Å². The van der Waals surface area contributed by atoms with Crippen molar-refractivity contribution < 1.29 is 33.4 Å². The molecule has 0 heterocycles. The van der Waals surface area contributed by atoms with Gasteiger partial charge in [-0.1, -0.05) is 48.7 Å². The number of ether oxygens (including phenoxy) is 2. The molecule has 4 aliphatic rings. The molecule has 1 N–H and O–H groups in total. The number of halogens is 3. The Kier molecular flexibility index (Phi) is 5.82. The van der Waals surface area contributed by atoms with Crippen LogP contribution in [0.5, 0.6) is 0 Å². The van der Waals surface area contributed by atoms with Crippen molar-refractivity contribution >= 4 is 40.9 Å². The van der Waals surface area contributed by atoms with E-state index in [-0.39, 0.29) is 12.2 Å². The zero-order valence-electron chi connectivity index (χ0n) is 19.1. The van der Waals surface area contributed by atoms with Crippen LogP contribution in [0.3, 0.4) is 0 Å². The average molecular weight is 503 g/mol. The Bertz CT molecular complexity index is 965. The first-order valence-corrected chi connectivity index (χ1v) is 12.1. The fraction of sp³-hybridized carbons (Fsp3) is 0.708. The van der Waals surface area contributed by atoms with E-state index < -0.39 is 62.7 Å². The molecule has 0 radical (unpaired) electrons. The van der Waals surface area contributed by atoms with Gasteiger partial charge in [0.25, 0.3) is 0 Å². The molecule has 0 saturated heterocycles. The van der Waals surface area contributed by atoms with Crippen LogP contribution in [0, 0.1) is 28.6 Å². The second-order valence-electron chi connectivity index (χ2n) is 10.4. The highest BCUT2D eigenvalue weighted by Crippen LogP contribution is 2.71. The lowest BCUT2D eigenvalue weighted by Gasteiger charge is -2.62. The summed E-state index contributed by atoms with van der Waals surface area (Å²) >= 11 is 11.5. The molecular formula is C24H29Cl2FO6. The third-order valence-corrected chi connectivity index (χ3v) is 9.47. The molecule has 3 fully saturated rings. The molecule has 4 aliphatic carbocycles. The van der Waals surface area contributed by atoms with E-state index in [0.29, 0.717) is 24.8 Å². The maximum Gasteiger partial charge on any atom is 0.351 e. The van der Waals surface area contributed by atoms with Gasteiger partial charge < -0.3 is 14.6 Å². The van der Waals surface area contributed by atoms with Crippen LogP contribution in [-0.4, -0.2) is 52.1 Å². The lowest BCUT2D eigenvalue weighted by molar-refractivity contribution is -0.235. The van der Waals surface area contributed by atoms with Crippen molar-refractivity contribution in [2.75, 3.05) is 7.11 Å². The van der Waals surface area contributed by atoms with Gasteiger partial charge >= 0.3 is 11.9 Å². The molecule has 0 unspecified atom stereocenters. The normalized spacial score (nSPS) is 46.2. The van der Waals surface area contributed by atoms with E-state index in [2.05, 4.69) is 0 Å². The molecule has 9 heteroatoms. The highest BCUT2D eigenvalue weighted by molar-refractivity contribution is 6.53. The maximum absolute atomic E-state index is 17.2. The topological polar surface area (TPSA) is 89.9 Å². The number of aliphatic hydroxyl groups excluding tert-OH is 1. The zero-order chi connectivity index (χ0) is 24.6. The van der Waals surface area contributed by atoms with E-state index in [1.807, 2.05) is 0 Å². The van der Waals surface area contributed by atoms with Gasteiger partial charge in [0.2, 0.25) is 10.4 Å². The van der Waals surface area contributed by atoms with Gasteiger partial charge in [-0.15, -0.1) is 0 Å². The van der Waals surface area contributed by atoms with Crippen LogP contribution in [0.15, 0.2) is 23.8 Å². The monoisotopic (exact) mass is 502 g/mol. The summed E-state index contributed by atoms with van der Waals surface area (Å²) < 4.78 is 28.0. The van der Waals surface area contributed by atoms with Crippen LogP contribution < -0.4 is 0 Å². The zero-order valence-corrected chi connectivity index (χ0v) is 20.6. The van der Waals surface area contributed by atoms with E-state index >= 15 is 4.39 Å². The summed E-state index contributed by atoms with van der Waals surface area (Å²) in [5, 5.41) is 11.4. The molecule has 0 aliphatic heterocycles. The number of fused-ring (bicyclic) bond motifs is 5. The number of rotatable bonds is 3. The van der Waals surface area contributed by atoms with Gasteiger partial charge in [-0.3, -0.25) is 4.79 Å². The molecule has 4 rings (SSSR count). The average Bonchev–Trinajstić information content (AvgIpc) is 2.96. The van der Waals surface area contributed by atoms with Crippen molar-refractivity contribution in [2.24, 2.45) is 28.6 Å². The predicted octanol–water partition coefficient (Wildman–Crippen LogP) is 3.86. The summed E-state index contributed by atoms with van der Waals surface area (Å²) in [6.45, 7) is 5.23. The molecule has 0 aromatic rings. The first-order chi connectivity index (χ1) is 15.3. The Balaban J connectivity index is 1.85. The number of methoxy groups -OCH3 is 1. The Morgan fingerprint density at radius 3 is 2.55 bits per heavy atom. The van der Waals surface area contributed by atoms with Gasteiger partial charge in [0.1, 0.15) is 0 Å². The predicted molar refractivity (Wildman–Crippen MR) is 119 cm³/mol. The molecule has 33 heavy (non-hydrogen) atoms. The quantitative estimate of drug-likeness (QED) is 0.465. The van der Waals surface area contributed by atoms with Gasteiger partial charge in [-0.05, 0) is 50.7 Å². The third kappa shape index (κ3) is 2.97. The molecule has 0 aromatic carbocycles. The molecule has 0 aromatic heterocycles. The van der Waals surface area contributed by atoms with E-state index in [1.54, 1.807) is 26.8 Å². The number of hydrogen-bond acceptors (Lipinski definition) is 6. The van der Waals surface area contributed by atoms with E-state index in [1.165, 1.54) is 19.3 Å². The lowest BCUT2D eigenvalue weighted by atomic mass is 9.44. The molecule has 0 bridgehead atoms.